The van der Waals surface area contributed by atoms with Gasteiger partial charge in [-0.3, -0.25) is 4.90 Å². The number of nitrogens with zero attached hydrogens (tertiary/aromatic N) is 2. The van der Waals surface area contributed by atoms with E-state index in [1.54, 1.807) is 0 Å². The van der Waals surface area contributed by atoms with Crippen molar-refractivity contribution in [2.24, 2.45) is 0 Å². The number of carbonyl (C=O) groups excluding carboxylic acids is 1. The number of piperazine rings is 1. The molecule has 0 unspecified atom stereocenters. The minimum atomic E-state index is 0.0639. The molecule has 0 bridgehead atoms. The third kappa shape index (κ3) is 3.23. The first kappa shape index (κ1) is 15.0. The molecule has 0 atom stereocenters. The molecule has 1 saturated heterocycles. The van der Waals surface area contributed by atoms with Crippen molar-refractivity contribution in [2.75, 3.05) is 31.5 Å². The van der Waals surface area contributed by atoms with Crippen molar-refractivity contribution in [3.63, 3.8) is 0 Å². The van der Waals surface area contributed by atoms with Crippen LogP contribution < -0.4 is 5.32 Å². The number of hydrogen-bond donors (Lipinski definition) is 1. The average molecular weight is 313 g/mol. The van der Waals surface area contributed by atoms with E-state index >= 15 is 0 Å². The van der Waals surface area contributed by atoms with E-state index in [1.165, 1.54) is 49.7 Å². The average Bonchev–Trinajstić information content (AvgIpc) is 3.26. The largest absolute Gasteiger partial charge is 0.322 e. The maximum Gasteiger partial charge on any atom is 0.321 e. The van der Waals surface area contributed by atoms with Gasteiger partial charge in [0.2, 0.25) is 0 Å². The van der Waals surface area contributed by atoms with E-state index in [2.05, 4.69) is 28.4 Å². The number of rotatable bonds is 2. The van der Waals surface area contributed by atoms with Crippen LogP contribution in [-0.2, 0) is 12.8 Å². The predicted molar refractivity (Wildman–Crippen MR) is 92.9 cm³/mol. The Labute approximate surface area is 138 Å². The number of urea groups is 1. The van der Waals surface area contributed by atoms with Crippen LogP contribution in [0.4, 0.5) is 10.5 Å². The van der Waals surface area contributed by atoms with Crippen LogP contribution >= 0.6 is 0 Å². The fourth-order valence-corrected chi connectivity index (χ4v) is 4.41. The summed E-state index contributed by atoms with van der Waals surface area (Å²) >= 11 is 0. The molecule has 0 aromatic heterocycles. The number of benzene rings is 1. The highest BCUT2D eigenvalue weighted by atomic mass is 16.2. The molecule has 23 heavy (non-hydrogen) atoms. The monoisotopic (exact) mass is 313 g/mol. The molecular weight excluding hydrogens is 286 g/mol. The maximum absolute atomic E-state index is 12.5. The van der Waals surface area contributed by atoms with Crippen LogP contribution in [0, 0.1) is 0 Å². The summed E-state index contributed by atoms with van der Waals surface area (Å²) in [5, 5.41) is 3.09. The topological polar surface area (TPSA) is 35.6 Å². The van der Waals surface area contributed by atoms with Gasteiger partial charge in [0.25, 0.3) is 0 Å². The predicted octanol–water partition coefficient (Wildman–Crippen LogP) is 3.27. The van der Waals surface area contributed by atoms with E-state index in [1.807, 2.05) is 4.90 Å². The standard InChI is InChI=1S/C19H27N3O/c23-19(20-17-9-8-15-4-3-5-16(15)14-17)22-12-10-21(11-13-22)18-6-1-2-7-18/h8-9,14,18H,1-7,10-13H2,(H,20,23). The number of anilines is 1. The van der Waals surface area contributed by atoms with Crippen LogP contribution in [0.3, 0.4) is 0 Å². The number of aryl methyl sites for hydroxylation is 2. The summed E-state index contributed by atoms with van der Waals surface area (Å²) in [6.07, 6.45) is 9.04. The normalized spacial score (nSPS) is 22.3. The van der Waals surface area contributed by atoms with Gasteiger partial charge in [-0.25, -0.2) is 4.79 Å². The molecule has 1 heterocycles. The molecule has 1 aromatic carbocycles. The molecule has 1 N–H and O–H groups in total. The Balaban J connectivity index is 1.31. The Bertz CT molecular complexity index is 572. The van der Waals surface area contributed by atoms with E-state index < -0.39 is 0 Å². The van der Waals surface area contributed by atoms with Crippen molar-refractivity contribution in [2.45, 2.75) is 51.0 Å². The highest BCUT2D eigenvalue weighted by Gasteiger charge is 2.27. The van der Waals surface area contributed by atoms with Crippen LogP contribution in [0.25, 0.3) is 0 Å². The van der Waals surface area contributed by atoms with Crippen molar-refractivity contribution in [1.29, 1.82) is 0 Å². The van der Waals surface area contributed by atoms with Crippen LogP contribution in [-0.4, -0.2) is 48.1 Å². The summed E-state index contributed by atoms with van der Waals surface area (Å²) in [5.41, 5.74) is 3.82. The van der Waals surface area contributed by atoms with Crippen LogP contribution in [0.2, 0.25) is 0 Å². The van der Waals surface area contributed by atoms with Gasteiger partial charge in [0.1, 0.15) is 0 Å². The Morgan fingerprint density at radius 3 is 2.48 bits per heavy atom. The lowest BCUT2D eigenvalue weighted by Crippen LogP contribution is -2.52. The summed E-state index contributed by atoms with van der Waals surface area (Å²) in [7, 11) is 0. The number of amides is 2. The third-order valence-electron chi connectivity index (χ3n) is 5.79. The first-order valence-electron chi connectivity index (χ1n) is 9.21. The molecule has 2 fully saturated rings. The van der Waals surface area contributed by atoms with Gasteiger partial charge in [-0.1, -0.05) is 18.9 Å². The van der Waals surface area contributed by atoms with Crippen molar-refractivity contribution in [3.05, 3.63) is 29.3 Å². The first-order valence-corrected chi connectivity index (χ1v) is 9.21. The molecule has 1 aliphatic heterocycles. The summed E-state index contributed by atoms with van der Waals surface area (Å²) in [4.78, 5) is 17.1. The minimum absolute atomic E-state index is 0.0639. The Kier molecular flexibility index (Phi) is 4.25. The molecule has 0 radical (unpaired) electrons. The molecule has 4 heteroatoms. The smallest absolute Gasteiger partial charge is 0.321 e. The Hall–Kier alpha value is -1.55. The molecule has 4 nitrogen and oxygen atoms in total. The van der Waals surface area contributed by atoms with Gasteiger partial charge in [0.05, 0.1) is 0 Å². The zero-order valence-electron chi connectivity index (χ0n) is 13.9. The van der Waals surface area contributed by atoms with Crippen molar-refractivity contribution < 1.29 is 4.79 Å². The van der Waals surface area contributed by atoms with E-state index in [4.69, 9.17) is 0 Å². The molecule has 2 aliphatic carbocycles. The van der Waals surface area contributed by atoms with Gasteiger partial charge in [-0.15, -0.1) is 0 Å². The number of hydrogen-bond acceptors (Lipinski definition) is 2. The van der Waals surface area contributed by atoms with Crippen LogP contribution in [0.1, 0.15) is 43.2 Å². The lowest BCUT2D eigenvalue weighted by atomic mass is 10.1. The summed E-state index contributed by atoms with van der Waals surface area (Å²) < 4.78 is 0. The van der Waals surface area contributed by atoms with Crippen molar-refractivity contribution in [3.8, 4) is 0 Å². The lowest BCUT2D eigenvalue weighted by molar-refractivity contribution is 0.115. The van der Waals surface area contributed by atoms with Crippen LogP contribution in [0.15, 0.2) is 18.2 Å². The lowest BCUT2D eigenvalue weighted by Gasteiger charge is -2.38. The van der Waals surface area contributed by atoms with E-state index in [0.29, 0.717) is 0 Å². The molecule has 1 aromatic rings. The summed E-state index contributed by atoms with van der Waals surface area (Å²) in [6, 6.07) is 7.23. The van der Waals surface area contributed by atoms with Gasteiger partial charge in [0.15, 0.2) is 0 Å². The number of fused-ring (bicyclic) bond motifs is 1. The highest BCUT2D eigenvalue weighted by Crippen LogP contribution is 2.26. The van der Waals surface area contributed by atoms with E-state index in [0.717, 1.165) is 44.3 Å². The Morgan fingerprint density at radius 2 is 1.70 bits per heavy atom. The summed E-state index contributed by atoms with van der Waals surface area (Å²) in [6.45, 7) is 3.77. The zero-order chi connectivity index (χ0) is 15.6. The van der Waals surface area contributed by atoms with E-state index in [9.17, 15) is 4.79 Å². The molecule has 2 amide bonds. The molecule has 3 aliphatic rings. The SMILES string of the molecule is O=C(Nc1ccc2c(c1)CCC2)N1CCN(C2CCCC2)CC1. The molecular formula is C19H27N3O. The second-order valence-corrected chi connectivity index (χ2v) is 7.23. The Morgan fingerprint density at radius 1 is 0.957 bits per heavy atom. The van der Waals surface area contributed by atoms with Gasteiger partial charge in [-0.05, 0) is 55.4 Å². The number of carbonyl (C=O) groups is 1. The van der Waals surface area contributed by atoms with E-state index in [-0.39, 0.29) is 6.03 Å². The van der Waals surface area contributed by atoms with Gasteiger partial charge >= 0.3 is 6.03 Å². The van der Waals surface area contributed by atoms with Crippen molar-refractivity contribution in [1.82, 2.24) is 9.80 Å². The summed E-state index contributed by atoms with van der Waals surface area (Å²) in [5.74, 6) is 0. The maximum atomic E-state index is 12.5. The zero-order valence-corrected chi connectivity index (χ0v) is 13.9. The fraction of sp³-hybridized carbons (Fsp3) is 0.632. The first-order chi connectivity index (χ1) is 11.3. The third-order valence-corrected chi connectivity index (χ3v) is 5.79. The molecule has 4 rings (SSSR count). The minimum Gasteiger partial charge on any atom is -0.322 e. The van der Waals surface area contributed by atoms with Gasteiger partial charge in [0, 0.05) is 37.9 Å². The van der Waals surface area contributed by atoms with Crippen LogP contribution in [0.5, 0.6) is 0 Å². The molecule has 1 saturated carbocycles. The van der Waals surface area contributed by atoms with Crippen molar-refractivity contribution >= 4 is 11.7 Å². The highest BCUT2D eigenvalue weighted by molar-refractivity contribution is 5.89. The number of nitrogens with one attached hydrogen (secondary N) is 1. The van der Waals surface area contributed by atoms with Gasteiger partial charge in [-0.2, -0.15) is 0 Å². The fourth-order valence-electron chi connectivity index (χ4n) is 4.41. The quantitative estimate of drug-likeness (QED) is 0.909. The van der Waals surface area contributed by atoms with Gasteiger partial charge < -0.3 is 10.2 Å². The molecule has 0 spiro atoms. The second kappa shape index (κ2) is 6.52. The molecule has 124 valence electrons. The second-order valence-electron chi connectivity index (χ2n) is 7.23.